The third-order valence-corrected chi connectivity index (χ3v) is 5.92. The van der Waals surface area contributed by atoms with Gasteiger partial charge < -0.3 is 9.05 Å². The molecule has 0 unspecified atom stereocenters. The van der Waals surface area contributed by atoms with E-state index in [1.54, 1.807) is 26.0 Å². The van der Waals surface area contributed by atoms with Crippen molar-refractivity contribution in [2.75, 3.05) is 26.0 Å². The maximum absolute atomic E-state index is 12.2. The van der Waals surface area contributed by atoms with Crippen LogP contribution in [0.4, 0.5) is 0 Å². The highest BCUT2D eigenvalue weighted by Crippen LogP contribution is 2.47. The van der Waals surface area contributed by atoms with Crippen LogP contribution in [0.1, 0.15) is 19.4 Å². The molecule has 0 aromatic heterocycles. The van der Waals surface area contributed by atoms with Crippen LogP contribution in [-0.4, -0.2) is 34.4 Å². The summed E-state index contributed by atoms with van der Waals surface area (Å²) in [5.41, 5.74) is 0.950. The van der Waals surface area contributed by atoms with E-state index < -0.39 is 17.7 Å². The SMILES string of the molecule is CCOP(=O)(CCOS(=O)(=O)c1ccc(C)cc1)OCC. The Labute approximate surface area is 126 Å². The highest BCUT2D eigenvalue weighted by Gasteiger charge is 2.25. The van der Waals surface area contributed by atoms with E-state index in [0.717, 1.165) is 5.56 Å². The summed E-state index contributed by atoms with van der Waals surface area (Å²) in [6, 6.07) is 6.30. The van der Waals surface area contributed by atoms with Crippen molar-refractivity contribution in [3.05, 3.63) is 29.8 Å². The molecule has 1 rings (SSSR count). The summed E-state index contributed by atoms with van der Waals surface area (Å²) in [5.74, 6) is 0. The summed E-state index contributed by atoms with van der Waals surface area (Å²) >= 11 is 0. The van der Waals surface area contributed by atoms with Crippen LogP contribution in [0.3, 0.4) is 0 Å². The Morgan fingerprint density at radius 2 is 1.57 bits per heavy atom. The van der Waals surface area contributed by atoms with Gasteiger partial charge in [0.25, 0.3) is 10.1 Å². The molecule has 0 heterocycles. The van der Waals surface area contributed by atoms with Crippen molar-refractivity contribution in [1.29, 1.82) is 0 Å². The van der Waals surface area contributed by atoms with E-state index in [4.69, 9.17) is 13.2 Å². The van der Waals surface area contributed by atoms with E-state index in [0.29, 0.717) is 0 Å². The molecule has 0 saturated heterocycles. The van der Waals surface area contributed by atoms with Gasteiger partial charge in [0, 0.05) is 0 Å². The molecule has 0 spiro atoms. The molecule has 0 atom stereocenters. The zero-order chi connectivity index (χ0) is 15.9. The second-order valence-corrected chi connectivity index (χ2v) is 8.06. The molecule has 1 aromatic carbocycles. The zero-order valence-electron chi connectivity index (χ0n) is 12.4. The second-order valence-electron chi connectivity index (χ2n) is 4.26. The first-order valence-electron chi connectivity index (χ1n) is 6.67. The van der Waals surface area contributed by atoms with Crippen LogP contribution >= 0.6 is 7.60 Å². The fourth-order valence-electron chi connectivity index (χ4n) is 1.59. The Morgan fingerprint density at radius 1 is 1.05 bits per heavy atom. The van der Waals surface area contributed by atoms with Crippen molar-refractivity contribution in [3.8, 4) is 0 Å². The van der Waals surface area contributed by atoms with E-state index in [1.807, 2.05) is 6.92 Å². The van der Waals surface area contributed by atoms with Crippen molar-refractivity contribution in [1.82, 2.24) is 0 Å². The number of hydrogen-bond donors (Lipinski definition) is 0. The smallest absolute Gasteiger partial charge is 0.309 e. The fourth-order valence-corrected chi connectivity index (χ4v) is 4.06. The minimum Gasteiger partial charge on any atom is -0.309 e. The van der Waals surface area contributed by atoms with Crippen LogP contribution in [0.15, 0.2) is 29.2 Å². The molecule has 0 bridgehead atoms. The van der Waals surface area contributed by atoms with E-state index >= 15 is 0 Å². The molecule has 8 heteroatoms. The number of rotatable bonds is 9. The lowest BCUT2D eigenvalue weighted by molar-refractivity contribution is 0.214. The van der Waals surface area contributed by atoms with E-state index in [-0.39, 0.29) is 30.9 Å². The predicted octanol–water partition coefficient (Wildman–Crippen LogP) is 2.97. The zero-order valence-corrected chi connectivity index (χ0v) is 14.2. The molecular weight excluding hydrogens is 315 g/mol. The topological polar surface area (TPSA) is 78.9 Å². The first kappa shape index (κ1) is 18.3. The predicted molar refractivity (Wildman–Crippen MR) is 80.0 cm³/mol. The summed E-state index contributed by atoms with van der Waals surface area (Å²) in [7, 11) is -7.16. The Morgan fingerprint density at radius 3 is 2.05 bits per heavy atom. The normalized spacial score (nSPS) is 12.5. The highest BCUT2D eigenvalue weighted by atomic mass is 32.2. The summed E-state index contributed by atoms with van der Waals surface area (Å²) in [6.45, 7) is 5.43. The Bertz CT molecular complexity index is 571. The summed E-state index contributed by atoms with van der Waals surface area (Å²) in [5, 5.41) is 0. The van der Waals surface area contributed by atoms with Gasteiger partial charge in [-0.25, -0.2) is 0 Å². The largest absolute Gasteiger partial charge is 0.333 e. The minimum atomic E-state index is -3.86. The minimum absolute atomic E-state index is 0.0655. The van der Waals surface area contributed by atoms with Gasteiger partial charge in [0.15, 0.2) is 0 Å². The lowest BCUT2D eigenvalue weighted by Crippen LogP contribution is -2.12. The Balaban J connectivity index is 2.65. The number of benzene rings is 1. The van der Waals surface area contributed by atoms with E-state index in [1.165, 1.54) is 12.1 Å². The lowest BCUT2D eigenvalue weighted by Gasteiger charge is -2.16. The van der Waals surface area contributed by atoms with Gasteiger partial charge in [0.2, 0.25) is 0 Å². The van der Waals surface area contributed by atoms with Crippen LogP contribution in [-0.2, 0) is 27.9 Å². The van der Waals surface area contributed by atoms with Crippen molar-refractivity contribution in [2.24, 2.45) is 0 Å². The van der Waals surface area contributed by atoms with Crippen molar-refractivity contribution >= 4 is 17.7 Å². The van der Waals surface area contributed by atoms with Gasteiger partial charge in [-0.1, -0.05) is 17.7 Å². The summed E-state index contributed by atoms with van der Waals surface area (Å²) in [4.78, 5) is 0.0655. The molecule has 0 fully saturated rings. The molecule has 6 nitrogen and oxygen atoms in total. The molecular formula is C13H21O6PS. The first-order chi connectivity index (χ1) is 9.83. The van der Waals surface area contributed by atoms with Crippen molar-refractivity contribution < 1.29 is 26.2 Å². The molecule has 0 radical (unpaired) electrons. The third-order valence-electron chi connectivity index (χ3n) is 2.56. The Kier molecular flexibility index (Phi) is 7.03. The third kappa shape index (κ3) is 5.88. The van der Waals surface area contributed by atoms with Crippen LogP contribution < -0.4 is 0 Å². The maximum atomic E-state index is 12.2. The fraction of sp³-hybridized carbons (Fsp3) is 0.538. The van der Waals surface area contributed by atoms with Gasteiger partial charge in [0.05, 0.1) is 30.9 Å². The van der Waals surface area contributed by atoms with Gasteiger partial charge in [-0.2, -0.15) is 8.42 Å². The summed E-state index contributed by atoms with van der Waals surface area (Å²) in [6.07, 6.45) is -0.111. The van der Waals surface area contributed by atoms with E-state index in [9.17, 15) is 13.0 Å². The van der Waals surface area contributed by atoms with Crippen molar-refractivity contribution in [3.63, 3.8) is 0 Å². The van der Waals surface area contributed by atoms with Gasteiger partial charge in [0.1, 0.15) is 0 Å². The second kappa shape index (κ2) is 8.06. The molecule has 0 aliphatic carbocycles. The molecule has 1 aromatic rings. The van der Waals surface area contributed by atoms with Crippen LogP contribution in [0.5, 0.6) is 0 Å². The van der Waals surface area contributed by atoms with Crippen LogP contribution in [0.2, 0.25) is 0 Å². The summed E-state index contributed by atoms with van der Waals surface area (Å²) < 4.78 is 51.1. The number of aryl methyl sites for hydroxylation is 1. The first-order valence-corrected chi connectivity index (χ1v) is 9.81. The number of hydrogen-bond acceptors (Lipinski definition) is 6. The molecule has 0 saturated carbocycles. The highest BCUT2D eigenvalue weighted by molar-refractivity contribution is 7.86. The van der Waals surface area contributed by atoms with Gasteiger partial charge in [-0.15, -0.1) is 0 Å². The van der Waals surface area contributed by atoms with Gasteiger partial charge in [-0.3, -0.25) is 8.75 Å². The molecule has 21 heavy (non-hydrogen) atoms. The van der Waals surface area contributed by atoms with Crippen molar-refractivity contribution in [2.45, 2.75) is 25.7 Å². The average Bonchev–Trinajstić information content (AvgIpc) is 2.39. The Hall–Kier alpha value is -0.720. The van der Waals surface area contributed by atoms with Gasteiger partial charge in [-0.05, 0) is 32.9 Å². The monoisotopic (exact) mass is 336 g/mol. The molecule has 0 aliphatic rings. The molecule has 0 N–H and O–H groups in total. The van der Waals surface area contributed by atoms with Gasteiger partial charge >= 0.3 is 7.60 Å². The quantitative estimate of drug-likeness (QED) is 0.509. The van der Waals surface area contributed by atoms with Crippen LogP contribution in [0.25, 0.3) is 0 Å². The standard InChI is InChI=1S/C13H21O6PS/c1-4-17-20(14,18-5-2)11-10-19-21(15,16)13-8-6-12(3)7-9-13/h6-9H,4-5,10-11H2,1-3H3. The van der Waals surface area contributed by atoms with E-state index in [2.05, 4.69) is 0 Å². The molecule has 120 valence electrons. The lowest BCUT2D eigenvalue weighted by atomic mass is 10.2. The molecule has 0 aliphatic heterocycles. The maximum Gasteiger partial charge on any atom is 0.333 e. The molecule has 0 amide bonds. The van der Waals surface area contributed by atoms with Crippen LogP contribution in [0, 0.1) is 6.92 Å². The average molecular weight is 336 g/mol.